The topological polar surface area (TPSA) is 17.1 Å². The molecule has 0 heterocycles. The van der Waals surface area contributed by atoms with Gasteiger partial charge in [0.25, 0.3) is 0 Å². The molecule has 0 amide bonds. The van der Waals surface area contributed by atoms with Crippen LogP contribution in [0.25, 0.3) is 0 Å². The maximum atomic E-state index is 12.2. The average molecular weight is 244 g/mol. The van der Waals surface area contributed by atoms with E-state index in [1.54, 1.807) is 0 Å². The van der Waals surface area contributed by atoms with Crippen LogP contribution in [-0.4, -0.2) is 24.7 Å². The van der Waals surface area contributed by atoms with Crippen molar-refractivity contribution in [3.05, 3.63) is 0 Å². The molecule has 0 bridgehead atoms. The smallest absolute Gasteiger partial charge is 0.323 e. The quantitative estimate of drug-likeness (QED) is 0.602. The van der Waals surface area contributed by atoms with Gasteiger partial charge in [-0.1, -0.05) is 26.7 Å². The van der Waals surface area contributed by atoms with Crippen LogP contribution < -0.4 is 0 Å². The summed E-state index contributed by atoms with van der Waals surface area (Å²) >= 11 is 0. The first-order chi connectivity index (χ1) is 6.83. The molecule has 0 saturated heterocycles. The van der Waals surface area contributed by atoms with Crippen molar-refractivity contribution >= 4 is 7.14 Å². The minimum atomic E-state index is -4.28. The maximum absolute atomic E-state index is 12.2. The van der Waals surface area contributed by atoms with Crippen molar-refractivity contribution in [2.24, 2.45) is 0 Å². The van der Waals surface area contributed by atoms with Crippen molar-refractivity contribution in [1.82, 2.24) is 0 Å². The van der Waals surface area contributed by atoms with Gasteiger partial charge in [-0.3, -0.25) is 0 Å². The predicted octanol–water partition coefficient (Wildman–Crippen LogP) is 4.51. The zero-order chi connectivity index (χ0) is 11.9. The van der Waals surface area contributed by atoms with E-state index >= 15 is 0 Å². The summed E-state index contributed by atoms with van der Waals surface area (Å²) in [4.78, 5) is 0. The van der Waals surface area contributed by atoms with Crippen molar-refractivity contribution in [1.29, 1.82) is 0 Å². The van der Waals surface area contributed by atoms with Gasteiger partial charge in [-0.15, -0.1) is 0 Å². The Morgan fingerprint density at radius 2 is 1.40 bits per heavy atom. The van der Waals surface area contributed by atoms with Gasteiger partial charge in [0.1, 0.15) is 0 Å². The Morgan fingerprint density at radius 3 is 1.67 bits per heavy atom. The highest BCUT2D eigenvalue weighted by molar-refractivity contribution is 7.64. The van der Waals surface area contributed by atoms with E-state index in [1.165, 1.54) is 0 Å². The summed E-state index contributed by atoms with van der Waals surface area (Å²) in [6.45, 7) is 3.80. The van der Waals surface area contributed by atoms with Crippen LogP contribution in [0.4, 0.5) is 13.2 Å². The molecule has 1 nitrogen and oxygen atoms in total. The van der Waals surface area contributed by atoms with Crippen LogP contribution in [0.2, 0.25) is 0 Å². The molecule has 0 unspecified atom stereocenters. The van der Waals surface area contributed by atoms with Crippen molar-refractivity contribution < 1.29 is 17.7 Å². The summed E-state index contributed by atoms with van der Waals surface area (Å²) in [6, 6.07) is 0. The second-order valence-corrected chi connectivity index (χ2v) is 7.31. The molecule has 0 aliphatic rings. The molecule has 0 aromatic heterocycles. The van der Waals surface area contributed by atoms with Gasteiger partial charge in [0.2, 0.25) is 0 Å². The third-order valence-electron chi connectivity index (χ3n) is 2.31. The number of alkyl halides is 3. The van der Waals surface area contributed by atoms with Gasteiger partial charge in [0.05, 0.1) is 13.3 Å². The molecule has 0 aromatic rings. The Morgan fingerprint density at radius 1 is 1.00 bits per heavy atom. The standard InChI is InChI=1S/C10H20F3OP/c1-3-5-7-15(14,8-6-4-2)9-10(11,12)13/h3-9H2,1-2H3. The zero-order valence-corrected chi connectivity index (χ0v) is 10.3. The van der Waals surface area contributed by atoms with Crippen molar-refractivity contribution in [3.63, 3.8) is 0 Å². The van der Waals surface area contributed by atoms with Crippen molar-refractivity contribution in [2.75, 3.05) is 18.5 Å². The first-order valence-electron chi connectivity index (χ1n) is 5.47. The molecule has 5 heteroatoms. The number of rotatable bonds is 7. The molecule has 0 radical (unpaired) electrons. The van der Waals surface area contributed by atoms with Crippen LogP contribution >= 0.6 is 7.14 Å². The molecule has 0 aliphatic heterocycles. The molecule has 0 spiro atoms. The number of halogens is 3. The van der Waals surface area contributed by atoms with Gasteiger partial charge in [-0.25, -0.2) is 0 Å². The molecule has 0 rings (SSSR count). The Balaban J connectivity index is 4.34. The predicted molar refractivity (Wildman–Crippen MR) is 58.1 cm³/mol. The van der Waals surface area contributed by atoms with E-state index in [9.17, 15) is 17.7 Å². The molecular weight excluding hydrogens is 224 g/mol. The van der Waals surface area contributed by atoms with Crippen LogP contribution in [0.5, 0.6) is 0 Å². The van der Waals surface area contributed by atoms with Gasteiger partial charge in [0, 0.05) is 12.3 Å². The van der Waals surface area contributed by atoms with Gasteiger partial charge >= 0.3 is 6.18 Å². The van der Waals surface area contributed by atoms with Gasteiger partial charge in [-0.2, -0.15) is 13.2 Å². The van der Waals surface area contributed by atoms with Gasteiger partial charge in [-0.05, 0) is 12.8 Å². The second kappa shape index (κ2) is 6.57. The van der Waals surface area contributed by atoms with Crippen LogP contribution in [0.1, 0.15) is 39.5 Å². The molecule has 0 N–H and O–H groups in total. The number of hydrogen-bond acceptors (Lipinski definition) is 1. The SMILES string of the molecule is CCCCP(=O)(CCCC)CC(F)(F)F. The van der Waals surface area contributed by atoms with E-state index in [-0.39, 0.29) is 12.3 Å². The van der Waals surface area contributed by atoms with Gasteiger partial charge < -0.3 is 4.57 Å². The van der Waals surface area contributed by atoms with Crippen molar-refractivity contribution in [3.8, 4) is 0 Å². The normalized spacial score (nSPS) is 13.1. The lowest BCUT2D eigenvalue weighted by atomic mass is 10.4. The lowest BCUT2D eigenvalue weighted by Crippen LogP contribution is -2.17. The fourth-order valence-corrected chi connectivity index (χ4v) is 4.47. The first kappa shape index (κ1) is 15.0. The highest BCUT2D eigenvalue weighted by Gasteiger charge is 2.37. The number of hydrogen-bond donors (Lipinski definition) is 0. The summed E-state index contributed by atoms with van der Waals surface area (Å²) in [5.74, 6) is 0. The average Bonchev–Trinajstić information content (AvgIpc) is 2.09. The van der Waals surface area contributed by atoms with E-state index in [0.29, 0.717) is 12.8 Å². The third-order valence-corrected chi connectivity index (χ3v) is 5.50. The van der Waals surface area contributed by atoms with E-state index in [4.69, 9.17) is 0 Å². The molecule has 0 aromatic carbocycles. The van der Waals surface area contributed by atoms with Crippen molar-refractivity contribution in [2.45, 2.75) is 45.7 Å². The highest BCUT2D eigenvalue weighted by atomic mass is 31.2. The Labute approximate surface area is 89.8 Å². The second-order valence-electron chi connectivity index (χ2n) is 3.99. The largest absolute Gasteiger partial charge is 0.395 e. The summed E-state index contributed by atoms with van der Waals surface area (Å²) in [5, 5.41) is 0. The summed E-state index contributed by atoms with van der Waals surface area (Å²) < 4.78 is 48.7. The van der Waals surface area contributed by atoms with Crippen LogP contribution in [0.3, 0.4) is 0 Å². The molecule has 0 aliphatic carbocycles. The lowest BCUT2D eigenvalue weighted by molar-refractivity contribution is -0.106. The minimum Gasteiger partial charge on any atom is -0.323 e. The monoisotopic (exact) mass is 244 g/mol. The van der Waals surface area contributed by atoms with E-state index in [2.05, 4.69) is 0 Å². The Bertz CT molecular complexity index is 201. The van der Waals surface area contributed by atoms with E-state index < -0.39 is 19.5 Å². The van der Waals surface area contributed by atoms with E-state index in [1.807, 2.05) is 13.8 Å². The summed E-state index contributed by atoms with van der Waals surface area (Å²) in [6.07, 6.45) is -1.97. The number of unbranched alkanes of at least 4 members (excludes halogenated alkanes) is 2. The zero-order valence-electron chi connectivity index (χ0n) is 9.44. The Hall–Kier alpha value is 0.0200. The fourth-order valence-electron chi connectivity index (χ4n) is 1.49. The molecule has 0 fully saturated rings. The molecule has 0 atom stereocenters. The minimum absolute atomic E-state index is 0.253. The summed E-state index contributed by atoms with van der Waals surface area (Å²) in [5.41, 5.74) is 0. The highest BCUT2D eigenvalue weighted by Crippen LogP contribution is 2.51. The fraction of sp³-hybridized carbons (Fsp3) is 1.00. The van der Waals surface area contributed by atoms with Crippen LogP contribution in [-0.2, 0) is 4.57 Å². The lowest BCUT2D eigenvalue weighted by Gasteiger charge is -2.19. The molecular formula is C10H20F3OP. The molecule has 0 saturated carbocycles. The molecule has 15 heavy (non-hydrogen) atoms. The molecule has 92 valence electrons. The van der Waals surface area contributed by atoms with E-state index in [0.717, 1.165) is 12.8 Å². The van der Waals surface area contributed by atoms with Gasteiger partial charge in [0.15, 0.2) is 0 Å². The van der Waals surface area contributed by atoms with Crippen LogP contribution in [0, 0.1) is 0 Å². The Kier molecular flexibility index (Phi) is 6.58. The maximum Gasteiger partial charge on any atom is 0.395 e. The van der Waals surface area contributed by atoms with Crippen LogP contribution in [0.15, 0.2) is 0 Å². The third kappa shape index (κ3) is 7.89. The summed E-state index contributed by atoms with van der Waals surface area (Å²) in [7, 11) is -3.00. The first-order valence-corrected chi connectivity index (χ1v) is 7.73.